The second-order valence-corrected chi connectivity index (χ2v) is 8.39. The number of aromatic nitrogens is 2. The zero-order chi connectivity index (χ0) is 22.5. The fraction of sp³-hybridized carbons (Fsp3) is 0.381. The number of aliphatic carboxylic acids is 1. The molecule has 0 fully saturated rings. The van der Waals surface area contributed by atoms with Crippen LogP contribution in [0.5, 0.6) is 5.75 Å². The summed E-state index contributed by atoms with van der Waals surface area (Å²) in [6.45, 7) is 6.64. The minimum atomic E-state index is -0.871. The Morgan fingerprint density at radius 3 is 2.90 bits per heavy atom. The number of hydrogen-bond acceptors (Lipinski definition) is 9. The Labute approximate surface area is 184 Å². The maximum absolute atomic E-state index is 11.0. The summed E-state index contributed by atoms with van der Waals surface area (Å²) < 4.78 is 5.66. The number of hydrogen-bond donors (Lipinski definition) is 2. The van der Waals surface area contributed by atoms with Crippen LogP contribution < -0.4 is 10.5 Å². The van der Waals surface area contributed by atoms with Crippen LogP contribution in [0.1, 0.15) is 32.8 Å². The van der Waals surface area contributed by atoms with E-state index in [0.29, 0.717) is 52.4 Å². The molecule has 1 aromatic heterocycles. The standard InChI is InChI=1S/C21H24N6O3S/c1-12(2)30-18-5-4-14(8-15(18)9-22)20-25-26-21(31-20)24-13(3)16-10-27(11-19(28)29)7-6-17(16)23/h4-5,8,12H,6-7,10-11,23H2,1-3H3,(H,28,29). The number of nitrogens with zero attached hydrogens (tertiary/aromatic N) is 5. The number of rotatable bonds is 7. The number of carboxylic acid groups (broad SMARTS) is 1. The quantitative estimate of drug-likeness (QED) is 0.627. The van der Waals surface area contributed by atoms with Gasteiger partial charge in [-0.3, -0.25) is 9.69 Å². The molecule has 3 N–H and O–H groups in total. The van der Waals surface area contributed by atoms with Gasteiger partial charge in [0.05, 0.1) is 18.2 Å². The third kappa shape index (κ3) is 5.65. The lowest BCUT2D eigenvalue weighted by Crippen LogP contribution is -2.38. The van der Waals surface area contributed by atoms with Crippen molar-refractivity contribution >= 4 is 28.1 Å². The Morgan fingerprint density at radius 2 is 2.23 bits per heavy atom. The van der Waals surface area contributed by atoms with Crippen LogP contribution in [-0.2, 0) is 4.79 Å². The van der Waals surface area contributed by atoms with Gasteiger partial charge in [-0.2, -0.15) is 5.26 Å². The Hall–Kier alpha value is -3.29. The lowest BCUT2D eigenvalue weighted by atomic mass is 10.0. The van der Waals surface area contributed by atoms with E-state index >= 15 is 0 Å². The van der Waals surface area contributed by atoms with Gasteiger partial charge in [-0.1, -0.05) is 11.3 Å². The van der Waals surface area contributed by atoms with Crippen molar-refractivity contribution in [2.24, 2.45) is 10.7 Å². The predicted molar refractivity (Wildman–Crippen MR) is 118 cm³/mol. The zero-order valence-electron chi connectivity index (χ0n) is 17.6. The summed E-state index contributed by atoms with van der Waals surface area (Å²) in [4.78, 5) is 17.4. The van der Waals surface area contributed by atoms with E-state index in [1.165, 1.54) is 11.3 Å². The molecule has 31 heavy (non-hydrogen) atoms. The number of aliphatic imine (C=N–C) groups is 1. The molecule has 10 heteroatoms. The average molecular weight is 441 g/mol. The van der Waals surface area contributed by atoms with Crippen LogP contribution in [0.4, 0.5) is 5.13 Å². The highest BCUT2D eigenvalue weighted by molar-refractivity contribution is 7.18. The summed E-state index contributed by atoms with van der Waals surface area (Å²) in [5, 5.41) is 27.9. The van der Waals surface area contributed by atoms with Crippen molar-refractivity contribution in [2.75, 3.05) is 19.6 Å². The van der Waals surface area contributed by atoms with Gasteiger partial charge in [-0.15, -0.1) is 10.2 Å². The fourth-order valence-corrected chi connectivity index (χ4v) is 3.97. The number of nitriles is 1. The SMILES string of the molecule is CC(=Nc1nnc(-c2ccc(OC(C)C)c(C#N)c2)s1)C1=C(N)CCN(CC(=O)O)C1. The molecule has 0 unspecified atom stereocenters. The van der Waals surface area contributed by atoms with Crippen molar-refractivity contribution in [1.29, 1.82) is 5.26 Å². The summed E-state index contributed by atoms with van der Waals surface area (Å²) in [7, 11) is 0. The summed E-state index contributed by atoms with van der Waals surface area (Å²) in [5.74, 6) is -0.338. The van der Waals surface area contributed by atoms with Crippen molar-refractivity contribution in [3.63, 3.8) is 0 Å². The molecule has 0 spiro atoms. The molecule has 1 aliphatic rings. The van der Waals surface area contributed by atoms with Crippen molar-refractivity contribution in [2.45, 2.75) is 33.3 Å². The molecule has 0 saturated carbocycles. The van der Waals surface area contributed by atoms with E-state index in [9.17, 15) is 10.1 Å². The highest BCUT2D eigenvalue weighted by Crippen LogP contribution is 2.32. The van der Waals surface area contributed by atoms with E-state index < -0.39 is 5.97 Å². The van der Waals surface area contributed by atoms with Crippen LogP contribution in [0.3, 0.4) is 0 Å². The second kappa shape index (κ2) is 9.68. The normalized spacial score (nSPS) is 15.3. The molecule has 1 aliphatic heterocycles. The second-order valence-electron chi connectivity index (χ2n) is 7.43. The number of carboxylic acids is 1. The largest absolute Gasteiger partial charge is 0.490 e. The van der Waals surface area contributed by atoms with Gasteiger partial charge in [0.1, 0.15) is 16.8 Å². The number of carbonyl (C=O) groups is 1. The van der Waals surface area contributed by atoms with Gasteiger partial charge in [0, 0.05) is 42.1 Å². The summed E-state index contributed by atoms with van der Waals surface area (Å²) >= 11 is 1.30. The van der Waals surface area contributed by atoms with Crippen LogP contribution in [0.2, 0.25) is 0 Å². The third-order valence-corrected chi connectivity index (χ3v) is 5.52. The van der Waals surface area contributed by atoms with Crippen LogP contribution in [-0.4, -0.2) is 57.6 Å². The van der Waals surface area contributed by atoms with Crippen LogP contribution in [0.25, 0.3) is 10.6 Å². The molecule has 2 heterocycles. The molecule has 162 valence electrons. The monoisotopic (exact) mass is 440 g/mol. The number of ether oxygens (including phenoxy) is 1. The van der Waals surface area contributed by atoms with Gasteiger partial charge in [-0.05, 0) is 39.0 Å². The van der Waals surface area contributed by atoms with Crippen LogP contribution in [0.15, 0.2) is 34.5 Å². The Balaban J connectivity index is 1.81. The molecular formula is C21H24N6O3S. The number of benzene rings is 1. The van der Waals surface area contributed by atoms with Gasteiger partial charge >= 0.3 is 5.97 Å². The van der Waals surface area contributed by atoms with Gasteiger partial charge in [0.2, 0.25) is 5.13 Å². The van der Waals surface area contributed by atoms with Crippen molar-refractivity contribution in [1.82, 2.24) is 15.1 Å². The maximum atomic E-state index is 11.0. The van der Waals surface area contributed by atoms with Gasteiger partial charge in [0.25, 0.3) is 0 Å². The smallest absolute Gasteiger partial charge is 0.317 e. The van der Waals surface area contributed by atoms with Crippen LogP contribution in [0, 0.1) is 11.3 Å². The van der Waals surface area contributed by atoms with E-state index in [-0.39, 0.29) is 12.6 Å². The van der Waals surface area contributed by atoms with Crippen molar-refractivity contribution < 1.29 is 14.6 Å². The molecule has 0 atom stereocenters. The fourth-order valence-electron chi connectivity index (χ4n) is 3.20. The molecule has 2 aromatic rings. The Kier molecular flexibility index (Phi) is 6.99. The lowest BCUT2D eigenvalue weighted by Gasteiger charge is -2.28. The molecule has 0 bridgehead atoms. The average Bonchev–Trinajstić information content (AvgIpc) is 3.17. The van der Waals surface area contributed by atoms with Crippen molar-refractivity contribution in [3.05, 3.63) is 35.0 Å². The van der Waals surface area contributed by atoms with Gasteiger partial charge in [0.15, 0.2) is 0 Å². The maximum Gasteiger partial charge on any atom is 0.317 e. The molecule has 3 rings (SSSR count). The third-order valence-electron chi connectivity index (χ3n) is 4.65. The Morgan fingerprint density at radius 1 is 1.45 bits per heavy atom. The zero-order valence-corrected chi connectivity index (χ0v) is 18.4. The summed E-state index contributed by atoms with van der Waals surface area (Å²) in [5.41, 5.74) is 9.57. The molecule has 0 radical (unpaired) electrons. The summed E-state index contributed by atoms with van der Waals surface area (Å²) in [6.07, 6.45) is 0.565. The number of nitrogens with two attached hydrogens (primary N) is 1. The van der Waals surface area contributed by atoms with E-state index in [1.54, 1.807) is 12.1 Å². The van der Waals surface area contributed by atoms with E-state index in [1.807, 2.05) is 31.7 Å². The van der Waals surface area contributed by atoms with E-state index in [0.717, 1.165) is 11.1 Å². The first-order valence-electron chi connectivity index (χ1n) is 9.78. The first-order valence-corrected chi connectivity index (χ1v) is 10.6. The lowest BCUT2D eigenvalue weighted by molar-refractivity contribution is -0.138. The minimum Gasteiger partial charge on any atom is -0.490 e. The predicted octanol–water partition coefficient (Wildman–Crippen LogP) is 2.96. The highest BCUT2D eigenvalue weighted by atomic mass is 32.1. The van der Waals surface area contributed by atoms with Crippen LogP contribution >= 0.6 is 11.3 Å². The topological polar surface area (TPSA) is 138 Å². The minimum absolute atomic E-state index is 0.0312. The van der Waals surface area contributed by atoms with Crippen molar-refractivity contribution in [3.8, 4) is 22.4 Å². The first kappa shape index (κ1) is 22.4. The van der Waals surface area contributed by atoms with E-state index in [2.05, 4.69) is 21.3 Å². The molecule has 0 saturated heterocycles. The molecule has 9 nitrogen and oxygen atoms in total. The molecule has 1 aromatic carbocycles. The van der Waals surface area contributed by atoms with E-state index in [4.69, 9.17) is 15.6 Å². The molecule has 0 amide bonds. The first-order chi connectivity index (χ1) is 14.8. The summed E-state index contributed by atoms with van der Waals surface area (Å²) in [6, 6.07) is 7.48. The van der Waals surface area contributed by atoms with Gasteiger partial charge < -0.3 is 15.6 Å². The molecule has 0 aliphatic carbocycles. The van der Waals surface area contributed by atoms with Gasteiger partial charge in [-0.25, -0.2) is 4.99 Å². The Bertz CT molecular complexity index is 1080. The molecular weight excluding hydrogens is 416 g/mol. The highest BCUT2D eigenvalue weighted by Gasteiger charge is 2.21.